The number of carbonyl (C=O) groups excluding carboxylic acids is 1. The Morgan fingerprint density at radius 3 is 2.78 bits per heavy atom. The van der Waals surface area contributed by atoms with E-state index in [2.05, 4.69) is 5.32 Å². The molecule has 2 aliphatic rings. The minimum atomic E-state index is 0.109. The van der Waals surface area contributed by atoms with Crippen molar-refractivity contribution >= 4 is 5.78 Å². The second-order valence-electron chi connectivity index (χ2n) is 4.79. The molecule has 1 aromatic rings. The maximum atomic E-state index is 12.0. The van der Waals surface area contributed by atoms with E-state index in [0.717, 1.165) is 12.2 Å². The Labute approximate surface area is 106 Å². The van der Waals surface area contributed by atoms with Gasteiger partial charge >= 0.3 is 0 Å². The van der Waals surface area contributed by atoms with E-state index in [0.29, 0.717) is 37.1 Å². The van der Waals surface area contributed by atoms with E-state index >= 15 is 0 Å². The fraction of sp³-hybridized carbons (Fsp3) is 0.500. The molecule has 3 rings (SSSR count). The van der Waals surface area contributed by atoms with Crippen LogP contribution in [0.5, 0.6) is 11.5 Å². The Bertz CT molecular complexity index is 454. The molecule has 4 nitrogen and oxygen atoms in total. The van der Waals surface area contributed by atoms with Crippen molar-refractivity contribution in [1.29, 1.82) is 0 Å². The SMILES string of the molecule is O=C(CNC1CC1)c1ccc2c(c1)OCCCO2. The molecule has 0 atom stereocenters. The van der Waals surface area contributed by atoms with Gasteiger partial charge in [-0.1, -0.05) is 0 Å². The topological polar surface area (TPSA) is 47.6 Å². The number of ether oxygens (including phenoxy) is 2. The number of ketones is 1. The third-order valence-corrected chi connectivity index (χ3v) is 3.20. The Hall–Kier alpha value is -1.55. The average Bonchev–Trinajstić information content (AvgIpc) is 3.21. The van der Waals surface area contributed by atoms with Gasteiger partial charge in [-0.2, -0.15) is 0 Å². The molecule has 0 amide bonds. The molecule has 1 aliphatic carbocycles. The number of rotatable bonds is 4. The summed E-state index contributed by atoms with van der Waals surface area (Å²) < 4.78 is 11.1. The van der Waals surface area contributed by atoms with Crippen LogP contribution in [0.15, 0.2) is 18.2 Å². The molecule has 0 spiro atoms. The maximum Gasteiger partial charge on any atom is 0.176 e. The van der Waals surface area contributed by atoms with Gasteiger partial charge in [0.25, 0.3) is 0 Å². The summed E-state index contributed by atoms with van der Waals surface area (Å²) in [4.78, 5) is 12.0. The van der Waals surface area contributed by atoms with E-state index in [9.17, 15) is 4.79 Å². The average molecular weight is 247 g/mol. The first-order chi connectivity index (χ1) is 8.83. The number of nitrogens with one attached hydrogen (secondary N) is 1. The largest absolute Gasteiger partial charge is 0.490 e. The lowest BCUT2D eigenvalue weighted by Crippen LogP contribution is -2.24. The van der Waals surface area contributed by atoms with Crippen molar-refractivity contribution in [2.45, 2.75) is 25.3 Å². The van der Waals surface area contributed by atoms with Gasteiger partial charge in [0.2, 0.25) is 0 Å². The van der Waals surface area contributed by atoms with Gasteiger partial charge in [0.05, 0.1) is 19.8 Å². The Balaban J connectivity index is 1.71. The van der Waals surface area contributed by atoms with E-state index in [1.54, 1.807) is 6.07 Å². The van der Waals surface area contributed by atoms with Gasteiger partial charge in [-0.15, -0.1) is 0 Å². The molecule has 0 radical (unpaired) electrons. The van der Waals surface area contributed by atoms with Crippen LogP contribution < -0.4 is 14.8 Å². The third kappa shape index (κ3) is 2.64. The summed E-state index contributed by atoms with van der Waals surface area (Å²) in [5.74, 6) is 1.53. The van der Waals surface area contributed by atoms with Gasteiger partial charge in [0.1, 0.15) is 0 Å². The molecule has 4 heteroatoms. The maximum absolute atomic E-state index is 12.0. The molecule has 96 valence electrons. The lowest BCUT2D eigenvalue weighted by atomic mass is 10.1. The highest BCUT2D eigenvalue weighted by atomic mass is 16.5. The minimum absolute atomic E-state index is 0.109. The Kier molecular flexibility index (Phi) is 3.19. The van der Waals surface area contributed by atoms with Crippen LogP contribution in [-0.2, 0) is 0 Å². The molecule has 0 aromatic heterocycles. The zero-order valence-electron chi connectivity index (χ0n) is 10.3. The first-order valence-corrected chi connectivity index (χ1v) is 6.49. The molecular formula is C14H17NO3. The molecule has 1 aliphatic heterocycles. The summed E-state index contributed by atoms with van der Waals surface area (Å²) in [6.07, 6.45) is 3.25. The summed E-state index contributed by atoms with van der Waals surface area (Å²) in [6, 6.07) is 5.97. The van der Waals surface area contributed by atoms with Crippen molar-refractivity contribution < 1.29 is 14.3 Å². The molecular weight excluding hydrogens is 230 g/mol. The van der Waals surface area contributed by atoms with Crippen molar-refractivity contribution in [3.63, 3.8) is 0 Å². The molecule has 1 fully saturated rings. The van der Waals surface area contributed by atoms with E-state index < -0.39 is 0 Å². The summed E-state index contributed by atoms with van der Waals surface area (Å²) in [7, 11) is 0. The van der Waals surface area contributed by atoms with Gasteiger partial charge in [-0.25, -0.2) is 0 Å². The van der Waals surface area contributed by atoms with Crippen molar-refractivity contribution in [2.75, 3.05) is 19.8 Å². The van der Waals surface area contributed by atoms with Crippen LogP contribution in [-0.4, -0.2) is 31.6 Å². The summed E-state index contributed by atoms with van der Waals surface area (Å²) in [5, 5.41) is 3.23. The quantitative estimate of drug-likeness (QED) is 0.824. The van der Waals surface area contributed by atoms with Gasteiger partial charge in [0, 0.05) is 18.0 Å². The van der Waals surface area contributed by atoms with Crippen LogP contribution in [0.25, 0.3) is 0 Å². The number of hydrogen-bond acceptors (Lipinski definition) is 4. The molecule has 18 heavy (non-hydrogen) atoms. The van der Waals surface area contributed by atoms with Crippen molar-refractivity contribution in [3.05, 3.63) is 23.8 Å². The number of carbonyl (C=O) groups is 1. The predicted molar refractivity (Wildman–Crippen MR) is 67.4 cm³/mol. The van der Waals surface area contributed by atoms with Crippen molar-refractivity contribution in [1.82, 2.24) is 5.32 Å². The molecule has 0 unspecified atom stereocenters. The van der Waals surface area contributed by atoms with Crippen molar-refractivity contribution in [3.8, 4) is 11.5 Å². The monoisotopic (exact) mass is 247 g/mol. The fourth-order valence-corrected chi connectivity index (χ4v) is 1.96. The standard InChI is InChI=1S/C14H17NO3/c16-12(9-15-11-3-4-11)10-2-5-13-14(8-10)18-7-1-6-17-13/h2,5,8,11,15H,1,3-4,6-7,9H2. The molecule has 1 aromatic carbocycles. The smallest absolute Gasteiger partial charge is 0.176 e. The van der Waals surface area contributed by atoms with E-state index in [1.165, 1.54) is 12.8 Å². The van der Waals surface area contributed by atoms with Crippen molar-refractivity contribution in [2.24, 2.45) is 0 Å². The predicted octanol–water partition coefficient (Wildman–Crippen LogP) is 1.78. The highest BCUT2D eigenvalue weighted by Gasteiger charge is 2.22. The number of hydrogen-bond donors (Lipinski definition) is 1. The van der Waals surface area contributed by atoms with E-state index in [1.807, 2.05) is 12.1 Å². The number of benzene rings is 1. The highest BCUT2D eigenvalue weighted by Crippen LogP contribution is 2.30. The van der Waals surface area contributed by atoms with Gasteiger partial charge in [-0.3, -0.25) is 4.79 Å². The molecule has 0 bridgehead atoms. The van der Waals surface area contributed by atoms with Crippen LogP contribution in [0.2, 0.25) is 0 Å². The molecule has 0 saturated heterocycles. The van der Waals surface area contributed by atoms with Gasteiger partial charge in [-0.05, 0) is 31.0 Å². The fourth-order valence-electron chi connectivity index (χ4n) is 1.96. The van der Waals surface area contributed by atoms with Crippen LogP contribution in [0.3, 0.4) is 0 Å². The third-order valence-electron chi connectivity index (χ3n) is 3.20. The molecule has 1 N–H and O–H groups in total. The molecule has 1 saturated carbocycles. The number of fused-ring (bicyclic) bond motifs is 1. The van der Waals surface area contributed by atoms with Crippen LogP contribution >= 0.6 is 0 Å². The first-order valence-electron chi connectivity index (χ1n) is 6.49. The Morgan fingerprint density at radius 2 is 2.00 bits per heavy atom. The minimum Gasteiger partial charge on any atom is -0.490 e. The lowest BCUT2D eigenvalue weighted by molar-refractivity contribution is 0.0990. The zero-order valence-corrected chi connectivity index (χ0v) is 10.3. The summed E-state index contributed by atoms with van der Waals surface area (Å²) in [6.45, 7) is 1.72. The van der Waals surface area contributed by atoms with Gasteiger partial charge in [0.15, 0.2) is 17.3 Å². The zero-order chi connectivity index (χ0) is 12.4. The van der Waals surface area contributed by atoms with Crippen LogP contribution in [0.4, 0.5) is 0 Å². The highest BCUT2D eigenvalue weighted by molar-refractivity contribution is 5.98. The second-order valence-corrected chi connectivity index (χ2v) is 4.79. The van der Waals surface area contributed by atoms with E-state index in [4.69, 9.17) is 9.47 Å². The Morgan fingerprint density at radius 1 is 1.22 bits per heavy atom. The summed E-state index contributed by atoms with van der Waals surface area (Å²) in [5.41, 5.74) is 0.687. The first kappa shape index (κ1) is 11.5. The summed E-state index contributed by atoms with van der Waals surface area (Å²) >= 11 is 0. The van der Waals surface area contributed by atoms with Crippen LogP contribution in [0.1, 0.15) is 29.6 Å². The molecule has 1 heterocycles. The van der Waals surface area contributed by atoms with Crippen LogP contribution in [0, 0.1) is 0 Å². The number of Topliss-reactive ketones (excluding diaryl/α,β-unsaturated/α-hetero) is 1. The lowest BCUT2D eigenvalue weighted by Gasteiger charge is -2.09. The second kappa shape index (κ2) is 4.98. The van der Waals surface area contributed by atoms with E-state index in [-0.39, 0.29) is 5.78 Å². The normalized spacial score (nSPS) is 18.2. The van der Waals surface area contributed by atoms with Gasteiger partial charge < -0.3 is 14.8 Å².